The van der Waals surface area contributed by atoms with E-state index in [1.54, 1.807) is 0 Å². The number of aliphatic hydroxyl groups is 1. The van der Waals surface area contributed by atoms with E-state index >= 15 is 0 Å². The zero-order valence-corrected chi connectivity index (χ0v) is 12.2. The Bertz CT molecular complexity index is 520. The first kappa shape index (κ1) is 16.5. The first-order valence-electron chi connectivity index (χ1n) is 7.29. The summed E-state index contributed by atoms with van der Waals surface area (Å²) in [5.41, 5.74) is -0.523. The van der Waals surface area contributed by atoms with Gasteiger partial charge >= 0.3 is 6.03 Å². The van der Waals surface area contributed by atoms with Crippen molar-refractivity contribution < 1.29 is 23.4 Å². The summed E-state index contributed by atoms with van der Waals surface area (Å²) in [6.45, 7) is 0.267. The summed E-state index contributed by atoms with van der Waals surface area (Å²) in [6.07, 6.45) is 3.50. The van der Waals surface area contributed by atoms with Crippen LogP contribution in [-0.2, 0) is 0 Å². The molecule has 0 aliphatic heterocycles. The highest BCUT2D eigenvalue weighted by atomic mass is 19.2. The van der Waals surface area contributed by atoms with Crippen molar-refractivity contribution in [3.63, 3.8) is 0 Å². The molecule has 7 heteroatoms. The summed E-state index contributed by atoms with van der Waals surface area (Å²) in [4.78, 5) is 11.8. The smallest absolute Gasteiger partial charge is 0.315 e. The van der Waals surface area contributed by atoms with Gasteiger partial charge in [0.1, 0.15) is 12.4 Å². The van der Waals surface area contributed by atoms with Gasteiger partial charge in [0.05, 0.1) is 18.7 Å². The Morgan fingerprint density at radius 3 is 2.64 bits per heavy atom. The number of aliphatic hydroxyl groups excluding tert-OH is 1. The van der Waals surface area contributed by atoms with Crippen LogP contribution in [0.1, 0.15) is 25.7 Å². The zero-order chi connectivity index (χ0) is 16.0. The normalized spacial score (nSPS) is 16.3. The molecule has 3 N–H and O–H groups in total. The highest BCUT2D eigenvalue weighted by Crippen LogP contribution is 2.28. The molecule has 0 atom stereocenters. The quantitative estimate of drug-likeness (QED) is 0.703. The Morgan fingerprint density at radius 2 is 2.00 bits per heavy atom. The molecule has 0 radical (unpaired) electrons. The van der Waals surface area contributed by atoms with Crippen LogP contribution in [0.15, 0.2) is 18.2 Å². The van der Waals surface area contributed by atoms with Crippen molar-refractivity contribution in [3.05, 3.63) is 29.8 Å². The fraction of sp³-hybridized carbons (Fsp3) is 0.533. The number of amides is 2. The molecule has 0 bridgehead atoms. The predicted octanol–water partition coefficient (Wildman–Crippen LogP) is 1.95. The van der Waals surface area contributed by atoms with E-state index in [1.165, 1.54) is 6.07 Å². The highest BCUT2D eigenvalue weighted by Gasteiger charge is 2.34. The molecule has 122 valence electrons. The number of urea groups is 1. The topological polar surface area (TPSA) is 70.6 Å². The third kappa shape index (κ3) is 4.30. The molecular formula is C15H20F2N2O3. The number of nitrogens with one attached hydrogen (secondary N) is 2. The second kappa shape index (κ2) is 7.40. The summed E-state index contributed by atoms with van der Waals surface area (Å²) >= 11 is 0. The molecule has 1 aliphatic rings. The van der Waals surface area contributed by atoms with Crippen molar-refractivity contribution >= 4 is 6.03 Å². The van der Waals surface area contributed by atoms with E-state index in [2.05, 4.69) is 10.6 Å². The van der Waals surface area contributed by atoms with E-state index in [4.69, 9.17) is 4.74 Å². The van der Waals surface area contributed by atoms with Crippen molar-refractivity contribution in [2.75, 3.05) is 19.8 Å². The lowest BCUT2D eigenvalue weighted by atomic mass is 9.99. The van der Waals surface area contributed by atoms with Crippen molar-refractivity contribution in [1.29, 1.82) is 0 Å². The van der Waals surface area contributed by atoms with Gasteiger partial charge in [0.2, 0.25) is 0 Å². The van der Waals surface area contributed by atoms with Crippen LogP contribution >= 0.6 is 0 Å². The molecule has 1 fully saturated rings. The average Bonchev–Trinajstić information content (AvgIpc) is 2.96. The lowest BCUT2D eigenvalue weighted by Crippen LogP contribution is -2.53. The van der Waals surface area contributed by atoms with E-state index in [0.717, 1.165) is 37.8 Å². The summed E-state index contributed by atoms with van der Waals surface area (Å²) < 4.78 is 30.9. The SMILES string of the molecule is O=C(NCCOc1ccc(F)c(F)c1)NC1(CO)CCCC1. The molecular weight excluding hydrogens is 294 g/mol. The highest BCUT2D eigenvalue weighted by molar-refractivity contribution is 5.74. The van der Waals surface area contributed by atoms with Gasteiger partial charge in [-0.3, -0.25) is 0 Å². The van der Waals surface area contributed by atoms with Crippen LogP contribution in [-0.4, -0.2) is 36.4 Å². The van der Waals surface area contributed by atoms with Gasteiger partial charge in [-0.1, -0.05) is 12.8 Å². The van der Waals surface area contributed by atoms with Crippen LogP contribution in [0.5, 0.6) is 5.75 Å². The molecule has 0 saturated heterocycles. The monoisotopic (exact) mass is 314 g/mol. The minimum atomic E-state index is -0.977. The van der Waals surface area contributed by atoms with Crippen molar-refractivity contribution in [1.82, 2.24) is 10.6 Å². The molecule has 1 aromatic rings. The largest absolute Gasteiger partial charge is 0.492 e. The van der Waals surface area contributed by atoms with Gasteiger partial charge in [-0.15, -0.1) is 0 Å². The summed E-state index contributed by atoms with van der Waals surface area (Å²) in [7, 11) is 0. The van der Waals surface area contributed by atoms with Crippen molar-refractivity contribution in [2.24, 2.45) is 0 Å². The van der Waals surface area contributed by atoms with Crippen LogP contribution < -0.4 is 15.4 Å². The van der Waals surface area contributed by atoms with Gasteiger partial charge < -0.3 is 20.5 Å². The van der Waals surface area contributed by atoms with Gasteiger partial charge in [-0.05, 0) is 25.0 Å². The molecule has 22 heavy (non-hydrogen) atoms. The van der Waals surface area contributed by atoms with E-state index in [1.807, 2.05) is 0 Å². The number of rotatable bonds is 6. The lowest BCUT2D eigenvalue weighted by Gasteiger charge is -2.27. The van der Waals surface area contributed by atoms with Gasteiger partial charge in [-0.25, -0.2) is 13.6 Å². The Balaban J connectivity index is 1.69. The predicted molar refractivity (Wildman–Crippen MR) is 76.7 cm³/mol. The van der Waals surface area contributed by atoms with Crippen LogP contribution in [0.4, 0.5) is 13.6 Å². The Morgan fingerprint density at radius 1 is 1.27 bits per heavy atom. The van der Waals surface area contributed by atoms with Gasteiger partial charge in [0, 0.05) is 6.07 Å². The number of carbonyl (C=O) groups is 1. The standard InChI is InChI=1S/C15H20F2N2O3/c16-12-4-3-11(9-13(12)17)22-8-7-18-14(21)19-15(10-20)5-1-2-6-15/h3-4,9,20H,1-2,5-8,10H2,(H2,18,19,21). The van der Waals surface area contributed by atoms with Gasteiger partial charge in [0.15, 0.2) is 11.6 Å². The molecule has 5 nitrogen and oxygen atoms in total. The molecule has 0 aromatic heterocycles. The maximum Gasteiger partial charge on any atom is 0.315 e. The summed E-state index contributed by atoms with van der Waals surface area (Å²) in [5, 5.41) is 14.8. The molecule has 1 aliphatic carbocycles. The number of halogens is 2. The van der Waals surface area contributed by atoms with Crippen LogP contribution in [0.25, 0.3) is 0 Å². The molecule has 2 rings (SSSR count). The van der Waals surface area contributed by atoms with E-state index in [0.29, 0.717) is 0 Å². The second-order valence-corrected chi connectivity index (χ2v) is 5.45. The first-order chi connectivity index (χ1) is 10.5. The average molecular weight is 314 g/mol. The Hall–Kier alpha value is -1.89. The summed E-state index contributed by atoms with van der Waals surface area (Å²) in [6, 6.07) is 2.88. The van der Waals surface area contributed by atoms with E-state index < -0.39 is 17.2 Å². The van der Waals surface area contributed by atoms with Gasteiger partial charge in [-0.2, -0.15) is 0 Å². The Labute approximate surface area is 127 Å². The second-order valence-electron chi connectivity index (χ2n) is 5.45. The molecule has 0 unspecified atom stereocenters. The van der Waals surface area contributed by atoms with Gasteiger partial charge in [0.25, 0.3) is 0 Å². The number of ether oxygens (including phenoxy) is 1. The molecule has 0 spiro atoms. The molecule has 1 aromatic carbocycles. The van der Waals surface area contributed by atoms with Crippen molar-refractivity contribution in [2.45, 2.75) is 31.2 Å². The molecule has 1 saturated carbocycles. The minimum absolute atomic E-state index is 0.0776. The number of hydrogen-bond acceptors (Lipinski definition) is 3. The van der Waals surface area contributed by atoms with Crippen LogP contribution in [0.2, 0.25) is 0 Å². The lowest BCUT2D eigenvalue weighted by molar-refractivity contribution is 0.162. The maximum absolute atomic E-state index is 13.0. The van der Waals surface area contributed by atoms with Crippen LogP contribution in [0, 0.1) is 11.6 Å². The zero-order valence-electron chi connectivity index (χ0n) is 12.2. The molecule has 2 amide bonds. The van der Waals surface area contributed by atoms with E-state index in [-0.39, 0.29) is 31.5 Å². The molecule has 0 heterocycles. The fourth-order valence-corrected chi connectivity index (χ4v) is 2.56. The minimum Gasteiger partial charge on any atom is -0.492 e. The number of carbonyl (C=O) groups excluding carboxylic acids is 1. The first-order valence-corrected chi connectivity index (χ1v) is 7.29. The fourth-order valence-electron chi connectivity index (χ4n) is 2.56. The number of benzene rings is 1. The third-order valence-electron chi connectivity index (χ3n) is 3.79. The van der Waals surface area contributed by atoms with Crippen LogP contribution in [0.3, 0.4) is 0 Å². The van der Waals surface area contributed by atoms with E-state index in [9.17, 15) is 18.7 Å². The maximum atomic E-state index is 13.0. The number of hydrogen-bond donors (Lipinski definition) is 3. The van der Waals surface area contributed by atoms with Crippen molar-refractivity contribution in [3.8, 4) is 5.75 Å². The third-order valence-corrected chi connectivity index (χ3v) is 3.79. The Kier molecular flexibility index (Phi) is 5.54. The summed E-state index contributed by atoms with van der Waals surface area (Å²) in [5.74, 6) is -1.71.